The number of rotatable bonds is 17. The predicted octanol–water partition coefficient (Wildman–Crippen LogP) is 10.7. The van der Waals surface area contributed by atoms with E-state index in [1.807, 2.05) is 37.3 Å². The average Bonchev–Trinajstić information content (AvgIpc) is 3.30. The quantitative estimate of drug-likeness (QED) is 0.0962. The molecule has 0 radical (unpaired) electrons. The molecule has 43 heavy (non-hydrogen) atoms. The van der Waals surface area contributed by atoms with E-state index in [-0.39, 0.29) is 23.2 Å². The van der Waals surface area contributed by atoms with Crippen molar-refractivity contribution in [3.05, 3.63) is 53.8 Å². The first kappa shape index (κ1) is 37.6. The van der Waals surface area contributed by atoms with Gasteiger partial charge in [-0.25, -0.2) is 0 Å². The maximum atomic E-state index is 7.24. The molecule has 0 amide bonds. The normalized spacial score (nSPS) is 19.0. The summed E-state index contributed by atoms with van der Waals surface area (Å²) >= 11 is 0. The van der Waals surface area contributed by atoms with Gasteiger partial charge in [-0.15, -0.1) is 5.92 Å². The van der Waals surface area contributed by atoms with Crippen LogP contribution in [0.4, 0.5) is 0 Å². The third-order valence-electron chi connectivity index (χ3n) is 10.2. The molecule has 0 saturated heterocycles. The minimum atomic E-state index is -2.06. The lowest BCUT2D eigenvalue weighted by molar-refractivity contribution is 0.149. The molecule has 0 aromatic heterocycles. The van der Waals surface area contributed by atoms with Gasteiger partial charge in [-0.05, 0) is 73.5 Å². The zero-order valence-corrected chi connectivity index (χ0v) is 32.6. The number of hydrogen-bond donors (Lipinski definition) is 0. The minimum absolute atomic E-state index is 0.0274. The van der Waals surface area contributed by atoms with Gasteiger partial charge in [-0.1, -0.05) is 98.6 Å². The van der Waals surface area contributed by atoms with Crippen LogP contribution in [0, 0.1) is 17.8 Å². The molecule has 4 nitrogen and oxygen atoms in total. The molecule has 1 aromatic carbocycles. The van der Waals surface area contributed by atoms with Crippen LogP contribution in [-0.2, 0) is 13.3 Å². The molecular formula is C36H62O4Si3. The van der Waals surface area contributed by atoms with Gasteiger partial charge in [-0.3, -0.25) is 0 Å². The van der Waals surface area contributed by atoms with Crippen LogP contribution in [0.3, 0.4) is 0 Å². The topological polar surface area (TPSA) is 36.9 Å². The molecule has 0 spiro atoms. The summed E-state index contributed by atoms with van der Waals surface area (Å²) in [6, 6.07) is 16.7. The summed E-state index contributed by atoms with van der Waals surface area (Å²) in [5.41, 5.74) is 1.09. The first-order valence-electron chi connectivity index (χ1n) is 16.8. The smallest absolute Gasteiger partial charge is 0.250 e. The molecule has 1 aliphatic rings. The number of para-hydroxylation sites is 1. The first-order chi connectivity index (χ1) is 20.3. The highest BCUT2D eigenvalue weighted by molar-refractivity contribution is 6.74. The maximum absolute atomic E-state index is 7.24. The molecule has 7 heteroatoms. The van der Waals surface area contributed by atoms with Crippen molar-refractivity contribution in [2.45, 2.75) is 142 Å². The maximum Gasteiger partial charge on any atom is 0.250 e. The third-order valence-corrected chi connectivity index (χ3v) is 23.9. The highest BCUT2D eigenvalue weighted by atomic mass is 28.4. The summed E-state index contributed by atoms with van der Waals surface area (Å²) in [6.07, 6.45) is 5.25. The van der Waals surface area contributed by atoms with E-state index >= 15 is 0 Å². The van der Waals surface area contributed by atoms with Gasteiger partial charge in [0.25, 0.3) is 0 Å². The van der Waals surface area contributed by atoms with Crippen molar-refractivity contribution >= 4 is 25.0 Å². The van der Waals surface area contributed by atoms with E-state index in [9.17, 15) is 0 Å². The Kier molecular flexibility index (Phi) is 14.6. The number of hydrogen-bond acceptors (Lipinski definition) is 4. The fraction of sp³-hybridized carbons (Fsp3) is 0.667. The molecule has 0 heterocycles. The molecular weight excluding hydrogens is 581 g/mol. The summed E-state index contributed by atoms with van der Waals surface area (Å²) in [6.45, 7) is 27.7. The molecule has 3 atom stereocenters. The molecule has 242 valence electrons. The number of ether oxygens (including phenoxy) is 1. The Morgan fingerprint density at radius 3 is 1.93 bits per heavy atom. The van der Waals surface area contributed by atoms with Crippen LogP contribution in [0.25, 0.3) is 0 Å². The third kappa shape index (κ3) is 9.96. The zero-order chi connectivity index (χ0) is 32.3. The van der Waals surface area contributed by atoms with Crippen molar-refractivity contribution in [2.75, 3.05) is 6.61 Å². The van der Waals surface area contributed by atoms with Gasteiger partial charge < -0.3 is 18.0 Å². The van der Waals surface area contributed by atoms with Crippen LogP contribution in [-0.4, -0.2) is 43.8 Å². The second-order valence-corrected chi connectivity index (χ2v) is 27.8. The van der Waals surface area contributed by atoms with E-state index in [1.54, 1.807) is 0 Å². The molecule has 0 N–H and O–H groups in total. The van der Waals surface area contributed by atoms with E-state index in [0.29, 0.717) is 6.61 Å². The van der Waals surface area contributed by atoms with Crippen LogP contribution < -0.4 is 4.74 Å². The van der Waals surface area contributed by atoms with Gasteiger partial charge in [0.15, 0.2) is 16.6 Å². The van der Waals surface area contributed by atoms with Crippen LogP contribution in [0.15, 0.2) is 53.8 Å². The van der Waals surface area contributed by atoms with Crippen molar-refractivity contribution in [3.8, 4) is 17.6 Å². The molecule has 2 rings (SSSR count). The van der Waals surface area contributed by atoms with Gasteiger partial charge in [0.1, 0.15) is 12.4 Å². The van der Waals surface area contributed by atoms with Crippen molar-refractivity contribution in [1.29, 1.82) is 0 Å². The van der Waals surface area contributed by atoms with Crippen molar-refractivity contribution in [1.82, 2.24) is 0 Å². The fourth-order valence-electron chi connectivity index (χ4n) is 5.68. The largest absolute Gasteiger partial charge is 0.546 e. The molecule has 0 fully saturated rings. The monoisotopic (exact) mass is 642 g/mol. The van der Waals surface area contributed by atoms with Gasteiger partial charge in [0.2, 0.25) is 8.32 Å². The van der Waals surface area contributed by atoms with E-state index in [0.717, 1.165) is 59.8 Å². The molecule has 3 unspecified atom stereocenters. The minimum Gasteiger partial charge on any atom is -0.546 e. The Balaban J connectivity index is 2.57. The second-order valence-electron chi connectivity index (χ2n) is 13.6. The van der Waals surface area contributed by atoms with E-state index < -0.39 is 25.0 Å². The molecule has 0 saturated carbocycles. The van der Waals surface area contributed by atoms with Gasteiger partial charge in [-0.2, -0.15) is 0 Å². The van der Waals surface area contributed by atoms with Crippen LogP contribution in [0.1, 0.15) is 75.7 Å². The Hall–Kier alpha value is -1.57. The highest BCUT2D eigenvalue weighted by Gasteiger charge is 2.45. The van der Waals surface area contributed by atoms with Gasteiger partial charge in [0, 0.05) is 17.9 Å². The van der Waals surface area contributed by atoms with E-state index in [4.69, 9.17) is 18.0 Å². The standard InChI is InChI=1S/C36H62O4Si3/c1-13-23-32-33(27-26-31(38-42(14-2,15-3)16-4)29-37-30-24-21-20-22-25-30)35(40-43(17-5,18-6)19-7)28-34(32)39-41(11,12)36(8,9)10/h20-22,24-27,31,33,35H,14-19,28-29H2,1-12H3. The van der Waals surface area contributed by atoms with E-state index in [2.05, 4.69) is 99.4 Å². The molecule has 0 bridgehead atoms. The lowest BCUT2D eigenvalue weighted by Crippen LogP contribution is -2.42. The van der Waals surface area contributed by atoms with Gasteiger partial charge >= 0.3 is 0 Å². The molecule has 0 aliphatic heterocycles. The summed E-state index contributed by atoms with van der Waals surface area (Å²) in [7, 11) is -5.81. The van der Waals surface area contributed by atoms with Crippen molar-refractivity contribution in [3.63, 3.8) is 0 Å². The Morgan fingerprint density at radius 1 is 0.884 bits per heavy atom. The first-order valence-corrected chi connectivity index (χ1v) is 24.8. The van der Waals surface area contributed by atoms with Gasteiger partial charge in [0.05, 0.1) is 18.0 Å². The number of benzene rings is 1. The summed E-state index contributed by atoms with van der Waals surface area (Å²) in [5.74, 6) is 8.67. The Morgan fingerprint density at radius 2 is 1.44 bits per heavy atom. The average molecular weight is 643 g/mol. The van der Waals surface area contributed by atoms with Crippen molar-refractivity contribution in [2.24, 2.45) is 5.92 Å². The Bertz CT molecular complexity index is 1090. The SMILES string of the molecule is CC#CC1=C(O[Si](C)(C)C(C)(C)C)CC(O[Si](CC)(CC)CC)C1C=CC(COc1ccccc1)O[Si](CC)(CC)CC. The van der Waals surface area contributed by atoms with Crippen LogP contribution in [0.2, 0.25) is 54.4 Å². The Labute approximate surface area is 268 Å². The highest BCUT2D eigenvalue weighted by Crippen LogP contribution is 2.44. The molecule has 1 aliphatic carbocycles. The van der Waals surface area contributed by atoms with E-state index in [1.165, 1.54) is 0 Å². The van der Waals surface area contributed by atoms with Crippen LogP contribution >= 0.6 is 0 Å². The summed E-state index contributed by atoms with van der Waals surface area (Å²) in [4.78, 5) is 0. The lowest BCUT2D eigenvalue weighted by atomic mass is 9.98. The summed E-state index contributed by atoms with van der Waals surface area (Å²) < 4.78 is 27.6. The zero-order valence-electron chi connectivity index (χ0n) is 29.6. The van der Waals surface area contributed by atoms with Crippen molar-refractivity contribution < 1.29 is 18.0 Å². The molecule has 1 aromatic rings. The fourth-order valence-corrected chi connectivity index (χ4v) is 12.5. The predicted molar refractivity (Wildman–Crippen MR) is 192 cm³/mol. The lowest BCUT2D eigenvalue weighted by Gasteiger charge is -2.37. The second kappa shape index (κ2) is 16.7. The summed E-state index contributed by atoms with van der Waals surface area (Å²) in [5, 5.41) is 0.103. The van der Waals surface area contributed by atoms with Crippen LogP contribution in [0.5, 0.6) is 5.75 Å².